The number of hydrogen-bond acceptors (Lipinski definition) is 6. The molecule has 142 valence electrons. The van der Waals surface area contributed by atoms with Crippen LogP contribution in [0.1, 0.15) is 6.92 Å². The van der Waals surface area contributed by atoms with Gasteiger partial charge in [-0.3, -0.25) is 0 Å². The van der Waals surface area contributed by atoms with E-state index in [1.165, 1.54) is 24.3 Å². The van der Waals surface area contributed by atoms with Crippen LogP contribution in [0.15, 0.2) is 81.1 Å². The Morgan fingerprint density at radius 2 is 1.32 bits per heavy atom. The summed E-state index contributed by atoms with van der Waals surface area (Å²) in [4.78, 5) is 0. The summed E-state index contributed by atoms with van der Waals surface area (Å²) in [7, 11) is 0. The SMILES string of the molecule is CCOc1ccc(N=Nc2ccc(N=Nc3ccc(O)c(F)c3)c(F)c2)cc1. The number of phenols is 1. The monoisotopic (exact) mass is 382 g/mol. The van der Waals surface area contributed by atoms with Crippen LogP contribution < -0.4 is 4.74 Å². The number of nitrogens with zero attached hydrogens (tertiary/aromatic N) is 4. The smallest absolute Gasteiger partial charge is 0.167 e. The summed E-state index contributed by atoms with van der Waals surface area (Å²) in [5.74, 6) is -1.24. The van der Waals surface area contributed by atoms with Gasteiger partial charge in [0.25, 0.3) is 0 Å². The van der Waals surface area contributed by atoms with Crippen LogP contribution in [-0.2, 0) is 0 Å². The zero-order valence-electron chi connectivity index (χ0n) is 14.9. The second-order valence-electron chi connectivity index (χ2n) is 5.60. The number of phenolic OH excluding ortho intramolecular Hbond substituents is 1. The molecule has 0 heterocycles. The van der Waals surface area contributed by atoms with Gasteiger partial charge in [0.15, 0.2) is 17.4 Å². The maximum Gasteiger partial charge on any atom is 0.167 e. The van der Waals surface area contributed by atoms with Crippen molar-refractivity contribution in [2.45, 2.75) is 6.92 Å². The zero-order valence-corrected chi connectivity index (χ0v) is 14.9. The van der Waals surface area contributed by atoms with Crippen LogP contribution in [0.5, 0.6) is 11.5 Å². The van der Waals surface area contributed by atoms with Gasteiger partial charge in [-0.2, -0.15) is 15.3 Å². The van der Waals surface area contributed by atoms with Gasteiger partial charge < -0.3 is 9.84 Å². The van der Waals surface area contributed by atoms with Crippen molar-refractivity contribution in [3.05, 3.63) is 72.3 Å². The van der Waals surface area contributed by atoms with Crippen molar-refractivity contribution in [2.24, 2.45) is 20.5 Å². The first-order valence-electron chi connectivity index (χ1n) is 8.39. The number of ether oxygens (including phenoxy) is 1. The summed E-state index contributed by atoms with van der Waals surface area (Å²) in [5.41, 5.74) is 1.02. The second kappa shape index (κ2) is 8.81. The lowest BCUT2D eigenvalue weighted by Gasteiger charge is -2.01. The molecule has 0 aliphatic rings. The summed E-state index contributed by atoms with van der Waals surface area (Å²) in [6.45, 7) is 2.47. The summed E-state index contributed by atoms with van der Waals surface area (Å²) in [6, 6.07) is 14.6. The van der Waals surface area contributed by atoms with E-state index in [2.05, 4.69) is 20.5 Å². The summed E-state index contributed by atoms with van der Waals surface area (Å²) >= 11 is 0. The molecule has 0 radical (unpaired) electrons. The van der Waals surface area contributed by atoms with E-state index < -0.39 is 17.4 Å². The molecule has 8 heteroatoms. The summed E-state index contributed by atoms with van der Waals surface area (Å²) in [5, 5.41) is 24.7. The molecule has 0 unspecified atom stereocenters. The van der Waals surface area contributed by atoms with E-state index in [1.807, 2.05) is 6.92 Å². The molecule has 0 saturated heterocycles. The molecule has 0 aliphatic carbocycles. The highest BCUT2D eigenvalue weighted by molar-refractivity contribution is 5.50. The third-order valence-corrected chi connectivity index (χ3v) is 3.56. The third-order valence-electron chi connectivity index (χ3n) is 3.56. The molecule has 0 aromatic heterocycles. The Bertz CT molecular complexity index is 1020. The van der Waals surface area contributed by atoms with Crippen LogP contribution in [0, 0.1) is 11.6 Å². The predicted molar refractivity (Wildman–Crippen MR) is 100 cm³/mol. The first-order valence-corrected chi connectivity index (χ1v) is 8.39. The van der Waals surface area contributed by atoms with Gasteiger partial charge in [0.1, 0.15) is 11.4 Å². The van der Waals surface area contributed by atoms with Crippen LogP contribution in [0.3, 0.4) is 0 Å². The second-order valence-corrected chi connectivity index (χ2v) is 5.60. The topological polar surface area (TPSA) is 78.9 Å². The Labute approximate surface area is 159 Å². The van der Waals surface area contributed by atoms with E-state index >= 15 is 0 Å². The molecular weight excluding hydrogens is 366 g/mol. The molecule has 0 saturated carbocycles. The van der Waals surface area contributed by atoms with Crippen molar-refractivity contribution >= 4 is 22.7 Å². The Balaban J connectivity index is 1.71. The van der Waals surface area contributed by atoms with Crippen molar-refractivity contribution < 1.29 is 18.6 Å². The Kier molecular flexibility index (Phi) is 6.01. The van der Waals surface area contributed by atoms with Crippen LogP contribution in [0.25, 0.3) is 0 Å². The highest BCUT2D eigenvalue weighted by Crippen LogP contribution is 2.28. The normalized spacial score (nSPS) is 11.4. The number of aromatic hydroxyl groups is 1. The summed E-state index contributed by atoms with van der Waals surface area (Å²) < 4.78 is 32.8. The zero-order chi connectivity index (χ0) is 19.9. The quantitative estimate of drug-likeness (QED) is 0.471. The standard InChI is InChI=1S/C20H16F2N4O2/c1-2-28-16-7-3-13(4-8-16)23-24-14-5-9-19(17(21)11-14)26-25-15-6-10-20(27)18(22)12-15/h3-12,27H,2H2,1H3. The largest absolute Gasteiger partial charge is 0.505 e. The number of benzene rings is 3. The number of halogens is 2. The van der Waals surface area contributed by atoms with Crippen LogP contribution >= 0.6 is 0 Å². The number of azo groups is 2. The fraction of sp³-hybridized carbons (Fsp3) is 0.100. The van der Waals surface area contributed by atoms with Crippen molar-refractivity contribution in [2.75, 3.05) is 6.61 Å². The van der Waals surface area contributed by atoms with Crippen LogP contribution in [0.4, 0.5) is 31.5 Å². The van der Waals surface area contributed by atoms with E-state index in [0.717, 1.165) is 17.9 Å². The number of rotatable bonds is 6. The molecule has 6 nitrogen and oxygen atoms in total. The van der Waals surface area contributed by atoms with Crippen molar-refractivity contribution in [1.82, 2.24) is 0 Å². The molecule has 3 aromatic rings. The van der Waals surface area contributed by atoms with Gasteiger partial charge in [0.05, 0.1) is 23.7 Å². The molecule has 1 N–H and O–H groups in total. The average Bonchev–Trinajstić information content (AvgIpc) is 2.69. The average molecular weight is 382 g/mol. The van der Waals surface area contributed by atoms with Gasteiger partial charge >= 0.3 is 0 Å². The fourth-order valence-corrected chi connectivity index (χ4v) is 2.20. The maximum atomic E-state index is 14.2. The van der Waals surface area contributed by atoms with Gasteiger partial charge in [-0.15, -0.1) is 5.11 Å². The minimum Gasteiger partial charge on any atom is -0.505 e. The first kappa shape index (κ1) is 19.1. The minimum atomic E-state index is -0.832. The highest BCUT2D eigenvalue weighted by atomic mass is 19.1. The van der Waals surface area contributed by atoms with Gasteiger partial charge in [-0.25, -0.2) is 8.78 Å². The fourth-order valence-electron chi connectivity index (χ4n) is 2.20. The van der Waals surface area contributed by atoms with E-state index in [0.29, 0.717) is 18.0 Å². The molecule has 0 bridgehead atoms. The van der Waals surface area contributed by atoms with E-state index in [4.69, 9.17) is 9.84 Å². The van der Waals surface area contributed by atoms with Gasteiger partial charge in [-0.1, -0.05) is 0 Å². The van der Waals surface area contributed by atoms with Gasteiger partial charge in [0, 0.05) is 12.1 Å². The molecule has 3 rings (SSSR count). The van der Waals surface area contributed by atoms with Crippen molar-refractivity contribution in [1.29, 1.82) is 0 Å². The molecular formula is C20H16F2N4O2. The Morgan fingerprint density at radius 3 is 1.96 bits per heavy atom. The van der Waals surface area contributed by atoms with Gasteiger partial charge in [-0.05, 0) is 55.5 Å². The third kappa shape index (κ3) is 4.94. The molecule has 3 aromatic carbocycles. The summed E-state index contributed by atoms with van der Waals surface area (Å²) in [6.07, 6.45) is 0. The molecule has 0 fully saturated rings. The first-order chi connectivity index (χ1) is 13.5. The molecule has 0 aliphatic heterocycles. The lowest BCUT2D eigenvalue weighted by molar-refractivity contribution is 0.340. The molecule has 0 spiro atoms. The Morgan fingerprint density at radius 1 is 0.750 bits per heavy atom. The number of hydrogen-bond donors (Lipinski definition) is 1. The predicted octanol–water partition coefficient (Wildman–Crippen LogP) is 6.90. The lowest BCUT2D eigenvalue weighted by Crippen LogP contribution is -1.89. The minimum absolute atomic E-state index is 0.0338. The van der Waals surface area contributed by atoms with Crippen molar-refractivity contribution in [3.8, 4) is 11.5 Å². The molecule has 0 amide bonds. The van der Waals surface area contributed by atoms with E-state index in [9.17, 15) is 8.78 Å². The van der Waals surface area contributed by atoms with Gasteiger partial charge in [0.2, 0.25) is 0 Å². The lowest BCUT2D eigenvalue weighted by atomic mass is 10.3. The highest BCUT2D eigenvalue weighted by Gasteiger charge is 2.04. The van der Waals surface area contributed by atoms with Crippen LogP contribution in [-0.4, -0.2) is 11.7 Å². The molecule has 0 atom stereocenters. The van der Waals surface area contributed by atoms with Crippen LogP contribution in [0.2, 0.25) is 0 Å². The molecule has 28 heavy (non-hydrogen) atoms. The maximum absolute atomic E-state index is 14.2. The Hall–Kier alpha value is -3.68. The van der Waals surface area contributed by atoms with E-state index in [-0.39, 0.29) is 11.4 Å². The van der Waals surface area contributed by atoms with Crippen molar-refractivity contribution in [3.63, 3.8) is 0 Å². The van der Waals surface area contributed by atoms with E-state index in [1.54, 1.807) is 24.3 Å².